The second kappa shape index (κ2) is 5.87. The maximum absolute atomic E-state index is 12.7. The Balaban J connectivity index is 1.67. The summed E-state index contributed by atoms with van der Waals surface area (Å²) < 4.78 is 28.0. The van der Waals surface area contributed by atoms with Crippen LogP contribution in [0.5, 0.6) is 5.75 Å². The molecule has 126 valence electrons. The van der Waals surface area contributed by atoms with E-state index in [0.29, 0.717) is 16.6 Å². The highest BCUT2D eigenvalue weighted by atomic mass is 32.2. The zero-order valence-electron chi connectivity index (χ0n) is 13.1. The molecular weight excluding hydrogens is 338 g/mol. The average molecular weight is 353 g/mol. The highest BCUT2D eigenvalue weighted by molar-refractivity contribution is 7.89. The van der Waals surface area contributed by atoms with Crippen molar-refractivity contribution in [3.05, 3.63) is 66.5 Å². The van der Waals surface area contributed by atoms with E-state index in [2.05, 4.69) is 14.7 Å². The SMILES string of the molecule is O=S(=O)(NCc1nc2ccccc2[nH]1)c1cccc2c(O)cccc12. The van der Waals surface area contributed by atoms with Crippen LogP contribution in [0.15, 0.2) is 65.6 Å². The summed E-state index contributed by atoms with van der Waals surface area (Å²) in [7, 11) is -3.76. The molecule has 4 rings (SSSR count). The molecule has 3 N–H and O–H groups in total. The Morgan fingerprint density at radius 3 is 2.56 bits per heavy atom. The number of para-hydroxylation sites is 2. The van der Waals surface area contributed by atoms with Crippen LogP contribution in [0.4, 0.5) is 0 Å². The van der Waals surface area contributed by atoms with Crippen molar-refractivity contribution in [3.8, 4) is 5.75 Å². The maximum Gasteiger partial charge on any atom is 0.241 e. The second-order valence-corrected chi connectivity index (χ2v) is 7.39. The first-order valence-electron chi connectivity index (χ1n) is 7.68. The van der Waals surface area contributed by atoms with Gasteiger partial charge in [0.1, 0.15) is 11.6 Å². The molecule has 0 aliphatic rings. The van der Waals surface area contributed by atoms with Crippen LogP contribution in [-0.2, 0) is 16.6 Å². The number of aromatic hydroxyl groups is 1. The maximum atomic E-state index is 12.7. The van der Waals surface area contributed by atoms with Gasteiger partial charge in [0.2, 0.25) is 10.0 Å². The van der Waals surface area contributed by atoms with Gasteiger partial charge < -0.3 is 10.1 Å². The molecule has 0 aliphatic heterocycles. The zero-order chi connectivity index (χ0) is 17.4. The highest BCUT2D eigenvalue weighted by Gasteiger charge is 2.18. The number of H-pyrrole nitrogens is 1. The Bertz CT molecular complexity index is 1150. The molecule has 3 aromatic carbocycles. The number of imidazole rings is 1. The first-order valence-corrected chi connectivity index (χ1v) is 9.17. The van der Waals surface area contributed by atoms with E-state index in [9.17, 15) is 13.5 Å². The standard InChI is InChI=1S/C18H15N3O3S/c22-16-9-3-6-13-12(16)5-4-10-17(13)25(23,24)19-11-18-20-14-7-1-2-8-15(14)21-18/h1-10,19,22H,11H2,(H,20,21). The van der Waals surface area contributed by atoms with Gasteiger partial charge in [0.25, 0.3) is 0 Å². The molecule has 4 aromatic rings. The van der Waals surface area contributed by atoms with Gasteiger partial charge in [-0.25, -0.2) is 18.1 Å². The molecule has 25 heavy (non-hydrogen) atoms. The van der Waals surface area contributed by atoms with Gasteiger partial charge in [0, 0.05) is 10.8 Å². The van der Waals surface area contributed by atoms with Crippen molar-refractivity contribution in [2.45, 2.75) is 11.4 Å². The molecule has 0 unspecified atom stereocenters. The van der Waals surface area contributed by atoms with Crippen LogP contribution in [0.25, 0.3) is 21.8 Å². The van der Waals surface area contributed by atoms with Gasteiger partial charge in [0.15, 0.2) is 0 Å². The van der Waals surface area contributed by atoms with E-state index >= 15 is 0 Å². The van der Waals surface area contributed by atoms with Gasteiger partial charge >= 0.3 is 0 Å². The quantitative estimate of drug-likeness (QED) is 0.526. The first kappa shape index (κ1) is 15.6. The van der Waals surface area contributed by atoms with Crippen LogP contribution in [0.1, 0.15) is 5.82 Å². The van der Waals surface area contributed by atoms with E-state index in [-0.39, 0.29) is 17.2 Å². The van der Waals surface area contributed by atoms with Gasteiger partial charge in [-0.15, -0.1) is 0 Å². The van der Waals surface area contributed by atoms with Gasteiger partial charge in [-0.2, -0.15) is 0 Å². The zero-order valence-corrected chi connectivity index (χ0v) is 13.9. The molecule has 0 amide bonds. The number of phenols is 1. The van der Waals surface area contributed by atoms with Gasteiger partial charge in [-0.3, -0.25) is 0 Å². The molecule has 0 radical (unpaired) electrons. The molecule has 7 heteroatoms. The van der Waals surface area contributed by atoms with Crippen molar-refractivity contribution in [1.29, 1.82) is 0 Å². The van der Waals surface area contributed by atoms with Crippen LogP contribution in [-0.4, -0.2) is 23.5 Å². The number of hydrogen-bond donors (Lipinski definition) is 3. The lowest BCUT2D eigenvalue weighted by atomic mass is 10.1. The summed E-state index contributed by atoms with van der Waals surface area (Å²) in [5, 5.41) is 10.9. The lowest BCUT2D eigenvalue weighted by Gasteiger charge is -2.09. The fraction of sp³-hybridized carbons (Fsp3) is 0.0556. The predicted octanol–water partition coefficient (Wildman–Crippen LogP) is 2.90. The minimum atomic E-state index is -3.76. The summed E-state index contributed by atoms with van der Waals surface area (Å²) in [6.45, 7) is 0.0478. The fourth-order valence-corrected chi connectivity index (χ4v) is 4.04. The molecular formula is C18H15N3O3S. The molecule has 0 atom stereocenters. The first-order chi connectivity index (χ1) is 12.0. The van der Waals surface area contributed by atoms with Crippen LogP contribution >= 0.6 is 0 Å². The van der Waals surface area contributed by atoms with Crippen LogP contribution in [0, 0.1) is 0 Å². The van der Waals surface area contributed by atoms with Crippen molar-refractivity contribution in [2.75, 3.05) is 0 Å². The molecule has 1 aromatic heterocycles. The topological polar surface area (TPSA) is 95.1 Å². The lowest BCUT2D eigenvalue weighted by molar-refractivity contribution is 0.481. The van der Waals surface area contributed by atoms with E-state index < -0.39 is 10.0 Å². The molecule has 6 nitrogen and oxygen atoms in total. The monoisotopic (exact) mass is 353 g/mol. The van der Waals surface area contributed by atoms with Crippen LogP contribution < -0.4 is 4.72 Å². The minimum absolute atomic E-state index is 0.0478. The summed E-state index contributed by atoms with van der Waals surface area (Å²) in [5.74, 6) is 0.583. The Morgan fingerprint density at radius 2 is 1.72 bits per heavy atom. The number of rotatable bonds is 4. The Labute approximate surface area is 144 Å². The third-order valence-electron chi connectivity index (χ3n) is 4.02. The number of aromatic amines is 1. The molecule has 0 bridgehead atoms. The Morgan fingerprint density at radius 1 is 0.960 bits per heavy atom. The van der Waals surface area contributed by atoms with Gasteiger partial charge in [-0.1, -0.05) is 36.4 Å². The predicted molar refractivity (Wildman–Crippen MR) is 95.7 cm³/mol. The normalized spacial score (nSPS) is 12.0. The number of sulfonamides is 1. The molecule has 0 spiro atoms. The number of phenolic OH excluding ortho intramolecular Hbond substituents is 1. The molecule has 0 saturated heterocycles. The third-order valence-corrected chi connectivity index (χ3v) is 5.48. The van der Waals surface area contributed by atoms with Crippen molar-refractivity contribution >= 4 is 31.8 Å². The third kappa shape index (κ3) is 2.84. The van der Waals surface area contributed by atoms with E-state index in [1.165, 1.54) is 12.1 Å². The second-order valence-electron chi connectivity index (χ2n) is 5.65. The number of fused-ring (bicyclic) bond motifs is 2. The lowest BCUT2D eigenvalue weighted by Crippen LogP contribution is -2.24. The van der Waals surface area contributed by atoms with E-state index in [4.69, 9.17) is 0 Å². The summed E-state index contributed by atoms with van der Waals surface area (Å²) in [6, 6.07) is 17.1. The van der Waals surface area contributed by atoms with Crippen molar-refractivity contribution < 1.29 is 13.5 Å². The van der Waals surface area contributed by atoms with Crippen molar-refractivity contribution in [1.82, 2.24) is 14.7 Å². The number of hydrogen-bond acceptors (Lipinski definition) is 4. The van der Waals surface area contributed by atoms with E-state index in [1.807, 2.05) is 24.3 Å². The van der Waals surface area contributed by atoms with Gasteiger partial charge in [0.05, 0.1) is 22.5 Å². The van der Waals surface area contributed by atoms with Crippen LogP contribution in [0.3, 0.4) is 0 Å². The highest BCUT2D eigenvalue weighted by Crippen LogP contribution is 2.29. The molecule has 0 saturated carbocycles. The van der Waals surface area contributed by atoms with E-state index in [0.717, 1.165) is 11.0 Å². The number of nitrogens with zero attached hydrogens (tertiary/aromatic N) is 1. The van der Waals surface area contributed by atoms with Gasteiger partial charge in [-0.05, 0) is 24.3 Å². The smallest absolute Gasteiger partial charge is 0.241 e. The summed E-state index contributed by atoms with van der Waals surface area (Å²) in [6.07, 6.45) is 0. The average Bonchev–Trinajstić information content (AvgIpc) is 3.03. The fourth-order valence-electron chi connectivity index (χ4n) is 2.83. The number of benzene rings is 3. The Kier molecular flexibility index (Phi) is 3.67. The molecule has 1 heterocycles. The summed E-state index contributed by atoms with van der Waals surface area (Å²) >= 11 is 0. The van der Waals surface area contributed by atoms with E-state index in [1.54, 1.807) is 24.3 Å². The van der Waals surface area contributed by atoms with Crippen LogP contribution in [0.2, 0.25) is 0 Å². The van der Waals surface area contributed by atoms with Crippen molar-refractivity contribution in [2.24, 2.45) is 0 Å². The number of aromatic nitrogens is 2. The summed E-state index contributed by atoms with van der Waals surface area (Å²) in [5.41, 5.74) is 1.64. The van der Waals surface area contributed by atoms with Crippen molar-refractivity contribution in [3.63, 3.8) is 0 Å². The largest absolute Gasteiger partial charge is 0.507 e. The summed E-state index contributed by atoms with van der Waals surface area (Å²) in [4.78, 5) is 7.57. The molecule has 0 fully saturated rings. The molecule has 0 aliphatic carbocycles. The Hall–Kier alpha value is -2.90. The number of nitrogens with one attached hydrogen (secondary N) is 2. The minimum Gasteiger partial charge on any atom is -0.507 e.